The van der Waals surface area contributed by atoms with Crippen LogP contribution in [0.5, 0.6) is 0 Å². The van der Waals surface area contributed by atoms with Gasteiger partial charge in [-0.15, -0.1) is 6.42 Å². The number of hydrogen-bond acceptors (Lipinski definition) is 1. The van der Waals surface area contributed by atoms with Crippen LogP contribution >= 0.6 is 0 Å². The molecular weight excluding hydrogens is 304 g/mol. The first-order valence-corrected chi connectivity index (χ1v) is 9.05. The van der Waals surface area contributed by atoms with Gasteiger partial charge in [0.15, 0.2) is 0 Å². The Morgan fingerprint density at radius 1 is 0.960 bits per heavy atom. The molecule has 2 aromatic carbocycles. The number of aromatic nitrogens is 1. The second-order valence-electron chi connectivity index (χ2n) is 6.98. The smallest absolute Gasteiger partial charge is 0.0837 e. The summed E-state index contributed by atoms with van der Waals surface area (Å²) in [5, 5.41) is 1.36. The van der Waals surface area contributed by atoms with E-state index in [1.165, 1.54) is 33.3 Å². The summed E-state index contributed by atoms with van der Waals surface area (Å²) in [6, 6.07) is 17.6. The maximum Gasteiger partial charge on any atom is 0.0837 e. The van der Waals surface area contributed by atoms with E-state index in [9.17, 15) is 0 Å². The lowest BCUT2D eigenvalue weighted by atomic mass is 9.96. The van der Waals surface area contributed by atoms with Crippen LogP contribution in [0.4, 0.5) is 0 Å². The zero-order valence-corrected chi connectivity index (χ0v) is 14.8. The second kappa shape index (κ2) is 6.78. The lowest BCUT2D eigenvalue weighted by Gasteiger charge is -2.21. The maximum atomic E-state index is 5.71. The molecule has 0 aliphatic carbocycles. The Morgan fingerprint density at radius 2 is 1.68 bits per heavy atom. The molecule has 0 atom stereocenters. The first-order chi connectivity index (χ1) is 12.3. The monoisotopic (exact) mass is 328 g/mol. The van der Waals surface area contributed by atoms with Crippen molar-refractivity contribution in [2.75, 3.05) is 20.1 Å². The number of para-hydroxylation sites is 1. The molecule has 3 aromatic rings. The summed E-state index contributed by atoms with van der Waals surface area (Å²) in [6.45, 7) is 2.82. The van der Waals surface area contributed by atoms with Gasteiger partial charge in [-0.3, -0.25) is 0 Å². The van der Waals surface area contributed by atoms with Gasteiger partial charge < -0.3 is 9.47 Å². The molecule has 0 bridgehead atoms. The van der Waals surface area contributed by atoms with Gasteiger partial charge in [-0.05, 0) is 42.6 Å². The van der Waals surface area contributed by atoms with Gasteiger partial charge in [0.05, 0.1) is 6.54 Å². The second-order valence-corrected chi connectivity index (χ2v) is 6.98. The molecule has 2 heterocycles. The third kappa shape index (κ3) is 2.97. The predicted molar refractivity (Wildman–Crippen MR) is 105 cm³/mol. The minimum Gasteiger partial charge on any atom is -0.332 e. The number of benzene rings is 2. The van der Waals surface area contributed by atoms with E-state index in [-0.39, 0.29) is 0 Å². The van der Waals surface area contributed by atoms with E-state index in [1.54, 1.807) is 0 Å². The van der Waals surface area contributed by atoms with Crippen molar-refractivity contribution < 1.29 is 0 Å². The molecule has 2 heteroatoms. The number of likely N-dealkylation sites (N-methyl/N-ethyl adjacent to an activating group) is 1. The van der Waals surface area contributed by atoms with Crippen LogP contribution in [0.2, 0.25) is 0 Å². The Morgan fingerprint density at radius 3 is 2.52 bits per heavy atom. The highest BCUT2D eigenvalue weighted by molar-refractivity contribution is 5.86. The maximum absolute atomic E-state index is 5.71. The molecule has 0 saturated heterocycles. The molecule has 0 saturated carbocycles. The third-order valence-corrected chi connectivity index (χ3v) is 5.43. The van der Waals surface area contributed by atoms with Crippen LogP contribution in [-0.2, 0) is 25.8 Å². The summed E-state index contributed by atoms with van der Waals surface area (Å²) in [5.74, 6) is 2.86. The SMILES string of the molecule is C#CCn1c2c(c3ccccc31)CCN(C)CCc1ccccc1C2. The minimum absolute atomic E-state index is 0.633. The summed E-state index contributed by atoms with van der Waals surface area (Å²) >= 11 is 0. The Labute approximate surface area is 150 Å². The number of terminal acetylenes is 1. The molecule has 0 unspecified atom stereocenters. The number of fused-ring (bicyclic) bond motifs is 4. The van der Waals surface area contributed by atoms with Crippen molar-refractivity contribution in [1.29, 1.82) is 0 Å². The average molecular weight is 328 g/mol. The van der Waals surface area contributed by atoms with Crippen molar-refractivity contribution in [2.24, 2.45) is 0 Å². The van der Waals surface area contributed by atoms with E-state index in [4.69, 9.17) is 6.42 Å². The normalized spacial score (nSPS) is 15.4. The zero-order valence-electron chi connectivity index (χ0n) is 14.8. The summed E-state index contributed by atoms with van der Waals surface area (Å²) in [4.78, 5) is 2.44. The van der Waals surface area contributed by atoms with Crippen LogP contribution < -0.4 is 0 Å². The summed E-state index contributed by atoms with van der Waals surface area (Å²) < 4.78 is 2.35. The molecule has 2 nitrogen and oxygen atoms in total. The van der Waals surface area contributed by atoms with Gasteiger partial charge in [0, 0.05) is 36.1 Å². The summed E-state index contributed by atoms with van der Waals surface area (Å²) in [7, 11) is 2.23. The van der Waals surface area contributed by atoms with Crippen LogP contribution in [-0.4, -0.2) is 29.6 Å². The molecule has 1 aliphatic heterocycles. The van der Waals surface area contributed by atoms with Crippen molar-refractivity contribution in [2.45, 2.75) is 25.8 Å². The molecule has 0 radical (unpaired) electrons. The molecule has 0 amide bonds. The minimum atomic E-state index is 0.633. The Balaban J connectivity index is 1.94. The standard InChI is InChI=1S/C23H24N2/c1-3-14-25-22-11-7-6-10-20(22)21-13-16-24(2)15-12-18-8-4-5-9-19(18)17-23(21)25/h1,4-11H,12-17H2,2H3. The zero-order chi connectivity index (χ0) is 17.2. The van der Waals surface area contributed by atoms with Crippen molar-refractivity contribution in [3.8, 4) is 12.3 Å². The van der Waals surface area contributed by atoms with E-state index in [2.05, 4.69) is 71.0 Å². The Bertz CT molecular complexity index is 942. The van der Waals surface area contributed by atoms with Crippen LogP contribution in [0.1, 0.15) is 22.4 Å². The largest absolute Gasteiger partial charge is 0.332 e. The molecular formula is C23H24N2. The quantitative estimate of drug-likeness (QED) is 0.615. The van der Waals surface area contributed by atoms with Gasteiger partial charge in [-0.2, -0.15) is 0 Å². The van der Waals surface area contributed by atoms with Gasteiger partial charge in [0.2, 0.25) is 0 Å². The fraction of sp³-hybridized carbons (Fsp3) is 0.304. The molecule has 0 spiro atoms. The fourth-order valence-corrected chi connectivity index (χ4v) is 4.06. The van der Waals surface area contributed by atoms with Crippen molar-refractivity contribution >= 4 is 10.9 Å². The van der Waals surface area contributed by atoms with E-state index in [0.29, 0.717) is 6.54 Å². The predicted octanol–water partition coefficient (Wildman–Crippen LogP) is 3.90. The van der Waals surface area contributed by atoms with Crippen LogP contribution in [0, 0.1) is 12.3 Å². The Hall–Kier alpha value is -2.50. The van der Waals surface area contributed by atoms with E-state index in [1.807, 2.05) is 0 Å². The number of hydrogen-bond donors (Lipinski definition) is 0. The van der Waals surface area contributed by atoms with E-state index < -0.39 is 0 Å². The van der Waals surface area contributed by atoms with Crippen LogP contribution in [0.25, 0.3) is 10.9 Å². The van der Waals surface area contributed by atoms with Crippen LogP contribution in [0.3, 0.4) is 0 Å². The van der Waals surface area contributed by atoms with E-state index >= 15 is 0 Å². The molecule has 1 aromatic heterocycles. The van der Waals surface area contributed by atoms with Crippen molar-refractivity contribution in [3.63, 3.8) is 0 Å². The Kier molecular flexibility index (Phi) is 4.34. The molecule has 4 rings (SSSR count). The first kappa shape index (κ1) is 16.0. The van der Waals surface area contributed by atoms with Gasteiger partial charge in [0.1, 0.15) is 0 Å². The summed E-state index contributed by atoms with van der Waals surface area (Å²) in [6.07, 6.45) is 8.86. The average Bonchev–Trinajstić information content (AvgIpc) is 2.93. The van der Waals surface area contributed by atoms with Crippen molar-refractivity contribution in [3.05, 3.63) is 70.9 Å². The molecule has 126 valence electrons. The molecule has 0 fully saturated rings. The van der Waals surface area contributed by atoms with Crippen LogP contribution in [0.15, 0.2) is 48.5 Å². The highest BCUT2D eigenvalue weighted by atomic mass is 15.1. The lowest BCUT2D eigenvalue weighted by Crippen LogP contribution is -2.25. The first-order valence-electron chi connectivity index (χ1n) is 9.05. The summed E-state index contributed by atoms with van der Waals surface area (Å²) in [5.41, 5.74) is 7.01. The lowest BCUT2D eigenvalue weighted by molar-refractivity contribution is 0.341. The molecule has 25 heavy (non-hydrogen) atoms. The van der Waals surface area contributed by atoms with Gasteiger partial charge >= 0.3 is 0 Å². The number of nitrogens with zero attached hydrogens (tertiary/aromatic N) is 2. The molecule has 1 aliphatic rings. The topological polar surface area (TPSA) is 8.17 Å². The highest BCUT2D eigenvalue weighted by Gasteiger charge is 2.19. The fourth-order valence-electron chi connectivity index (χ4n) is 4.06. The van der Waals surface area contributed by atoms with Gasteiger partial charge in [0.25, 0.3) is 0 Å². The highest BCUT2D eigenvalue weighted by Crippen LogP contribution is 2.30. The third-order valence-electron chi connectivity index (χ3n) is 5.43. The van der Waals surface area contributed by atoms with Crippen molar-refractivity contribution in [1.82, 2.24) is 9.47 Å². The molecule has 0 N–H and O–H groups in total. The van der Waals surface area contributed by atoms with Gasteiger partial charge in [-0.1, -0.05) is 48.4 Å². The number of rotatable bonds is 1. The van der Waals surface area contributed by atoms with Gasteiger partial charge in [-0.25, -0.2) is 0 Å². The van der Waals surface area contributed by atoms with E-state index in [0.717, 1.165) is 32.4 Å².